The third-order valence-corrected chi connectivity index (χ3v) is 4.34. The van der Waals surface area contributed by atoms with Gasteiger partial charge in [0.2, 0.25) is 0 Å². The summed E-state index contributed by atoms with van der Waals surface area (Å²) in [5.74, 6) is 6.87. The average molecular weight is 359 g/mol. The molecule has 1 N–H and O–H groups in total. The first-order chi connectivity index (χ1) is 11.9. The van der Waals surface area contributed by atoms with Crippen molar-refractivity contribution in [2.45, 2.75) is 33.7 Å². The first kappa shape index (κ1) is 19.1. The van der Waals surface area contributed by atoms with Gasteiger partial charge in [-0.2, -0.15) is 0 Å². The number of pyridine rings is 1. The number of aliphatic hydroxyl groups is 1. The Morgan fingerprint density at radius 3 is 2.72 bits per heavy atom. The van der Waals surface area contributed by atoms with Gasteiger partial charge in [-0.1, -0.05) is 30.0 Å². The minimum Gasteiger partial charge on any atom is -0.496 e. The molecule has 0 aromatic carbocycles. The maximum Gasteiger partial charge on any atom is 0.128 e. The molecule has 0 unspecified atom stereocenters. The Morgan fingerprint density at radius 1 is 1.40 bits per heavy atom. The summed E-state index contributed by atoms with van der Waals surface area (Å²) in [5, 5.41) is 9.36. The molecule has 2 aromatic rings. The van der Waals surface area contributed by atoms with Crippen LogP contribution in [0.2, 0.25) is 0 Å². The van der Waals surface area contributed by atoms with Crippen molar-refractivity contribution in [3.63, 3.8) is 0 Å². The molecule has 2 heterocycles. The third kappa shape index (κ3) is 4.07. The highest BCUT2D eigenvalue weighted by Gasteiger charge is 2.16. The van der Waals surface area contributed by atoms with E-state index in [1.165, 1.54) is 0 Å². The Balaban J connectivity index is 2.46. The quantitative estimate of drug-likeness (QED) is 0.827. The first-order valence-electron chi connectivity index (χ1n) is 8.04. The molecule has 0 radical (unpaired) electrons. The van der Waals surface area contributed by atoms with Crippen molar-refractivity contribution < 1.29 is 9.84 Å². The molecule has 2 rings (SSSR count). The van der Waals surface area contributed by atoms with Crippen LogP contribution in [0.3, 0.4) is 0 Å². The van der Waals surface area contributed by atoms with E-state index in [0.29, 0.717) is 18.0 Å². The summed E-state index contributed by atoms with van der Waals surface area (Å²) in [6, 6.07) is 0. The monoisotopic (exact) mass is 358 g/mol. The van der Waals surface area contributed by atoms with E-state index in [4.69, 9.17) is 21.4 Å². The molecule has 132 valence electrons. The van der Waals surface area contributed by atoms with E-state index in [0.717, 1.165) is 39.4 Å². The van der Waals surface area contributed by atoms with Gasteiger partial charge in [0.05, 0.1) is 31.5 Å². The van der Waals surface area contributed by atoms with Crippen LogP contribution in [0.4, 0.5) is 0 Å². The fourth-order valence-electron chi connectivity index (χ4n) is 2.86. The Labute approximate surface area is 154 Å². The molecular formula is C20H23ClN2O2. The number of aromatic nitrogens is 2. The van der Waals surface area contributed by atoms with E-state index >= 15 is 0 Å². The smallest absolute Gasteiger partial charge is 0.128 e. The van der Waals surface area contributed by atoms with E-state index in [1.54, 1.807) is 7.11 Å². The van der Waals surface area contributed by atoms with Crippen LogP contribution in [-0.4, -0.2) is 28.4 Å². The largest absolute Gasteiger partial charge is 0.496 e. The highest BCUT2D eigenvalue weighted by molar-refractivity contribution is 6.48. The molecule has 0 aliphatic heterocycles. The van der Waals surface area contributed by atoms with Gasteiger partial charge in [-0.05, 0) is 20.8 Å². The van der Waals surface area contributed by atoms with Crippen molar-refractivity contribution >= 4 is 16.6 Å². The molecule has 0 spiro atoms. The number of methoxy groups -OCH3 is 1. The molecule has 0 aliphatic rings. The van der Waals surface area contributed by atoms with Gasteiger partial charge in [0.1, 0.15) is 5.75 Å². The topological polar surface area (TPSA) is 47.3 Å². The lowest BCUT2D eigenvalue weighted by molar-refractivity contribution is 0.305. The van der Waals surface area contributed by atoms with Gasteiger partial charge < -0.3 is 14.4 Å². The molecule has 0 bridgehead atoms. The Kier molecular flexibility index (Phi) is 6.30. The zero-order chi connectivity index (χ0) is 18.6. The standard InChI is InChI=1S/C20H23ClN2O2/c1-13-10-22-18(14(2)20(13)25-5)12-23-11-17(8-6-7-9-24)19(15(3)21)16(23)4/h10-11,24H,3,7,9,12H2,1-2,4-5H3. The summed E-state index contributed by atoms with van der Waals surface area (Å²) in [5.41, 5.74) is 5.59. The second kappa shape index (κ2) is 8.24. The zero-order valence-corrected chi connectivity index (χ0v) is 15.9. The van der Waals surface area contributed by atoms with Crippen LogP contribution in [0.1, 0.15) is 40.1 Å². The van der Waals surface area contributed by atoms with E-state index in [1.807, 2.05) is 33.2 Å². The second-order valence-corrected chi connectivity index (χ2v) is 6.31. The van der Waals surface area contributed by atoms with Crippen molar-refractivity contribution in [1.29, 1.82) is 0 Å². The predicted octanol–water partition coefficient (Wildman–Crippen LogP) is 3.81. The summed E-state index contributed by atoms with van der Waals surface area (Å²) in [6.07, 6.45) is 4.20. The number of halogens is 1. The lowest BCUT2D eigenvalue weighted by atomic mass is 10.1. The summed E-state index contributed by atoms with van der Waals surface area (Å²) < 4.78 is 7.55. The molecule has 4 nitrogen and oxygen atoms in total. The van der Waals surface area contributed by atoms with E-state index in [-0.39, 0.29) is 6.61 Å². The van der Waals surface area contributed by atoms with E-state index in [9.17, 15) is 0 Å². The fourth-order valence-corrected chi connectivity index (χ4v) is 3.10. The number of aliphatic hydroxyl groups excluding tert-OH is 1. The van der Waals surface area contributed by atoms with Crippen LogP contribution in [0.25, 0.3) is 5.03 Å². The third-order valence-electron chi connectivity index (χ3n) is 4.15. The number of hydrogen-bond donors (Lipinski definition) is 1. The molecular weight excluding hydrogens is 336 g/mol. The van der Waals surface area contributed by atoms with Crippen LogP contribution < -0.4 is 4.74 Å². The Hall–Kier alpha value is -2.22. The van der Waals surface area contributed by atoms with Crippen molar-refractivity contribution in [1.82, 2.24) is 9.55 Å². The van der Waals surface area contributed by atoms with Crippen LogP contribution in [0, 0.1) is 32.6 Å². The second-order valence-electron chi connectivity index (χ2n) is 5.86. The highest BCUT2D eigenvalue weighted by atomic mass is 35.5. The van der Waals surface area contributed by atoms with Crippen molar-refractivity contribution in [3.05, 3.63) is 52.6 Å². The lowest BCUT2D eigenvalue weighted by Gasteiger charge is -2.13. The highest BCUT2D eigenvalue weighted by Crippen LogP contribution is 2.29. The SMILES string of the molecule is C=C(Cl)c1c(C#CCCO)cn(Cc2ncc(C)c(OC)c2C)c1C. The molecule has 25 heavy (non-hydrogen) atoms. The maximum atomic E-state index is 8.91. The number of rotatable bonds is 5. The van der Waals surface area contributed by atoms with Gasteiger partial charge in [-0.25, -0.2) is 0 Å². The summed E-state index contributed by atoms with van der Waals surface area (Å²) in [7, 11) is 1.67. The number of nitrogens with zero attached hydrogens (tertiary/aromatic N) is 2. The number of aryl methyl sites for hydroxylation is 1. The van der Waals surface area contributed by atoms with Crippen molar-refractivity contribution in [2.75, 3.05) is 13.7 Å². The van der Waals surface area contributed by atoms with Gasteiger partial charge in [-0.3, -0.25) is 4.98 Å². The Bertz CT molecular complexity index is 857. The van der Waals surface area contributed by atoms with Gasteiger partial charge in [0.25, 0.3) is 0 Å². The minimum absolute atomic E-state index is 0.0378. The number of hydrogen-bond acceptors (Lipinski definition) is 3. The molecule has 0 fully saturated rings. The molecule has 0 atom stereocenters. The van der Waals surface area contributed by atoms with Crippen LogP contribution >= 0.6 is 11.6 Å². The van der Waals surface area contributed by atoms with E-state index < -0.39 is 0 Å². The zero-order valence-electron chi connectivity index (χ0n) is 15.1. The normalized spacial score (nSPS) is 10.3. The molecule has 0 saturated carbocycles. The van der Waals surface area contributed by atoms with Gasteiger partial charge in [0.15, 0.2) is 0 Å². The molecule has 5 heteroatoms. The fraction of sp³-hybridized carbons (Fsp3) is 0.350. The van der Waals surface area contributed by atoms with Gasteiger partial charge in [-0.15, -0.1) is 0 Å². The Morgan fingerprint density at radius 2 is 2.12 bits per heavy atom. The number of ether oxygens (including phenoxy) is 1. The summed E-state index contributed by atoms with van der Waals surface area (Å²) in [4.78, 5) is 4.56. The van der Waals surface area contributed by atoms with Crippen LogP contribution in [0.15, 0.2) is 19.0 Å². The van der Waals surface area contributed by atoms with Crippen molar-refractivity contribution in [3.8, 4) is 17.6 Å². The minimum atomic E-state index is 0.0378. The molecule has 2 aromatic heterocycles. The summed E-state index contributed by atoms with van der Waals surface area (Å²) in [6.45, 7) is 10.5. The lowest BCUT2D eigenvalue weighted by Crippen LogP contribution is -2.06. The predicted molar refractivity (Wildman–Crippen MR) is 102 cm³/mol. The van der Waals surface area contributed by atoms with Crippen LogP contribution in [0.5, 0.6) is 5.75 Å². The molecule has 0 aliphatic carbocycles. The molecule has 0 saturated heterocycles. The van der Waals surface area contributed by atoms with Crippen LogP contribution in [-0.2, 0) is 6.54 Å². The first-order valence-corrected chi connectivity index (χ1v) is 8.41. The summed E-state index contributed by atoms with van der Waals surface area (Å²) >= 11 is 6.18. The van der Waals surface area contributed by atoms with E-state index in [2.05, 4.69) is 28.0 Å². The van der Waals surface area contributed by atoms with Gasteiger partial charge >= 0.3 is 0 Å². The van der Waals surface area contributed by atoms with Crippen molar-refractivity contribution in [2.24, 2.45) is 0 Å². The average Bonchev–Trinajstić information content (AvgIpc) is 2.87. The van der Waals surface area contributed by atoms with Gasteiger partial charge in [0, 0.05) is 46.2 Å². The maximum absolute atomic E-state index is 8.91. The molecule has 0 amide bonds.